The van der Waals surface area contributed by atoms with Crippen LogP contribution in [0.2, 0.25) is 0 Å². The summed E-state index contributed by atoms with van der Waals surface area (Å²) in [6.07, 6.45) is 4.64. The van der Waals surface area contributed by atoms with Crippen molar-refractivity contribution in [3.8, 4) is 0 Å². The van der Waals surface area contributed by atoms with Crippen LogP contribution in [0.3, 0.4) is 0 Å². The number of nitrogens with one attached hydrogen (secondary N) is 1. The van der Waals surface area contributed by atoms with Gasteiger partial charge >= 0.3 is 0 Å². The predicted molar refractivity (Wildman–Crippen MR) is 65.5 cm³/mol. The molecule has 2 nitrogen and oxygen atoms in total. The van der Waals surface area contributed by atoms with Crippen LogP contribution in [0.4, 0.5) is 5.69 Å². The lowest BCUT2D eigenvalue weighted by Gasteiger charge is -2.09. The van der Waals surface area contributed by atoms with Gasteiger partial charge in [-0.2, -0.15) is 0 Å². The van der Waals surface area contributed by atoms with Crippen LogP contribution in [-0.2, 0) is 4.79 Å². The third kappa shape index (κ3) is 2.44. The number of benzene rings is 1. The smallest absolute Gasteiger partial charge is 0.247 e. The van der Waals surface area contributed by atoms with Gasteiger partial charge in [-0.1, -0.05) is 44.0 Å². The Balaban J connectivity index is 3.16. The van der Waals surface area contributed by atoms with Crippen LogP contribution < -0.4 is 5.32 Å². The van der Waals surface area contributed by atoms with Gasteiger partial charge in [0.05, 0.1) is 0 Å². The lowest BCUT2D eigenvalue weighted by Crippen LogP contribution is -2.08. The molecule has 0 aromatic heterocycles. The van der Waals surface area contributed by atoms with Gasteiger partial charge < -0.3 is 5.32 Å². The first-order valence-corrected chi connectivity index (χ1v) is 4.54. The number of rotatable bonds is 4. The molecule has 0 bridgehead atoms. The lowest BCUT2D eigenvalue weighted by molar-refractivity contribution is -0.111. The van der Waals surface area contributed by atoms with Crippen molar-refractivity contribution in [2.75, 3.05) is 5.32 Å². The molecule has 0 saturated carbocycles. The summed E-state index contributed by atoms with van der Waals surface area (Å²) in [6, 6.07) is 5.57. The first-order chi connectivity index (χ1) is 7.22. The number of hydrogen-bond donors (Lipinski definition) is 1. The van der Waals surface area contributed by atoms with Crippen molar-refractivity contribution in [2.45, 2.75) is 0 Å². The third-order valence-corrected chi connectivity index (χ3v) is 2.01. The van der Waals surface area contributed by atoms with E-state index >= 15 is 0 Å². The number of hydrogen-bond acceptors (Lipinski definition) is 1. The Morgan fingerprint density at radius 2 is 1.93 bits per heavy atom. The molecule has 0 fully saturated rings. The Morgan fingerprint density at radius 1 is 1.20 bits per heavy atom. The summed E-state index contributed by atoms with van der Waals surface area (Å²) in [5.41, 5.74) is 2.52. The molecule has 1 aromatic rings. The summed E-state index contributed by atoms with van der Waals surface area (Å²) >= 11 is 0. The Kier molecular flexibility index (Phi) is 3.63. The van der Waals surface area contributed by atoms with Gasteiger partial charge in [-0.15, -0.1) is 0 Å². The van der Waals surface area contributed by atoms with E-state index in [0.717, 1.165) is 11.1 Å². The number of anilines is 1. The Bertz CT molecular complexity index is 419. The lowest BCUT2D eigenvalue weighted by atomic mass is 10.1. The molecule has 0 atom stereocenters. The van der Waals surface area contributed by atoms with E-state index in [0.29, 0.717) is 5.69 Å². The van der Waals surface area contributed by atoms with Gasteiger partial charge in [-0.3, -0.25) is 4.79 Å². The molecule has 0 aliphatic heterocycles. The Labute approximate surface area is 89.6 Å². The second kappa shape index (κ2) is 4.96. The van der Waals surface area contributed by atoms with E-state index in [2.05, 4.69) is 25.1 Å². The zero-order chi connectivity index (χ0) is 11.3. The normalized spacial score (nSPS) is 9.07. The zero-order valence-corrected chi connectivity index (χ0v) is 8.49. The van der Waals surface area contributed by atoms with Crippen molar-refractivity contribution >= 4 is 23.7 Å². The molecule has 1 rings (SSSR count). The maximum absolute atomic E-state index is 11.2. The highest BCUT2D eigenvalue weighted by Gasteiger charge is 2.04. The van der Waals surface area contributed by atoms with Gasteiger partial charge in [-0.25, -0.2) is 0 Å². The molecule has 0 aliphatic rings. The topological polar surface area (TPSA) is 29.1 Å². The summed E-state index contributed by atoms with van der Waals surface area (Å²) in [5.74, 6) is -0.237. The largest absolute Gasteiger partial charge is 0.322 e. The number of carbonyl (C=O) groups is 1. The highest BCUT2D eigenvalue weighted by atomic mass is 16.1. The fourth-order valence-corrected chi connectivity index (χ4v) is 1.28. The highest BCUT2D eigenvalue weighted by Crippen LogP contribution is 2.22. The minimum atomic E-state index is -0.237. The Hall–Kier alpha value is -2.09. The quantitative estimate of drug-likeness (QED) is 0.742. The van der Waals surface area contributed by atoms with E-state index in [4.69, 9.17) is 0 Å². The van der Waals surface area contributed by atoms with Crippen LogP contribution in [0.5, 0.6) is 0 Å². The molecular weight excluding hydrogens is 186 g/mol. The summed E-state index contributed by atoms with van der Waals surface area (Å²) in [7, 11) is 0. The van der Waals surface area contributed by atoms with Gasteiger partial charge in [0.25, 0.3) is 0 Å². The molecular formula is C13H13NO. The molecule has 1 aromatic carbocycles. The first kappa shape index (κ1) is 11.0. The first-order valence-electron chi connectivity index (χ1n) is 4.54. The molecule has 1 N–H and O–H groups in total. The number of amides is 1. The van der Waals surface area contributed by atoms with Gasteiger partial charge in [0, 0.05) is 11.3 Å². The molecule has 0 spiro atoms. The second-order valence-electron chi connectivity index (χ2n) is 2.91. The van der Waals surface area contributed by atoms with E-state index in [1.54, 1.807) is 12.2 Å². The van der Waals surface area contributed by atoms with Crippen LogP contribution >= 0.6 is 0 Å². The summed E-state index contributed by atoms with van der Waals surface area (Å²) in [4.78, 5) is 11.2. The summed E-state index contributed by atoms with van der Waals surface area (Å²) in [6.45, 7) is 10.8. The molecule has 0 saturated heterocycles. The monoisotopic (exact) mass is 199 g/mol. The van der Waals surface area contributed by atoms with Gasteiger partial charge in [0.15, 0.2) is 0 Å². The van der Waals surface area contributed by atoms with Crippen molar-refractivity contribution in [1.82, 2.24) is 0 Å². The van der Waals surface area contributed by atoms with Crippen LogP contribution in [0.15, 0.2) is 44.0 Å². The zero-order valence-electron chi connectivity index (χ0n) is 8.49. The SMILES string of the molecule is C=CC(=O)Nc1cccc(C=C)c1C=C. The van der Waals surface area contributed by atoms with Crippen molar-refractivity contribution < 1.29 is 4.79 Å². The van der Waals surface area contributed by atoms with E-state index in [9.17, 15) is 4.79 Å². The molecule has 0 heterocycles. The molecule has 76 valence electrons. The molecule has 2 heteroatoms. The van der Waals surface area contributed by atoms with Crippen LogP contribution in [0, 0.1) is 0 Å². The Morgan fingerprint density at radius 3 is 2.47 bits per heavy atom. The fraction of sp³-hybridized carbons (Fsp3) is 0. The molecule has 0 aliphatic carbocycles. The molecule has 15 heavy (non-hydrogen) atoms. The summed E-state index contributed by atoms with van der Waals surface area (Å²) < 4.78 is 0. The summed E-state index contributed by atoms with van der Waals surface area (Å²) in [5, 5.41) is 2.71. The highest BCUT2D eigenvalue weighted by molar-refractivity contribution is 6.00. The second-order valence-corrected chi connectivity index (χ2v) is 2.91. The maximum atomic E-state index is 11.2. The minimum absolute atomic E-state index is 0.237. The number of carbonyl (C=O) groups excluding carboxylic acids is 1. The average molecular weight is 199 g/mol. The molecule has 0 radical (unpaired) electrons. The average Bonchev–Trinajstić information content (AvgIpc) is 2.28. The van der Waals surface area contributed by atoms with Gasteiger partial charge in [0.2, 0.25) is 5.91 Å². The van der Waals surface area contributed by atoms with Crippen molar-refractivity contribution in [3.05, 3.63) is 55.1 Å². The van der Waals surface area contributed by atoms with Crippen molar-refractivity contribution in [3.63, 3.8) is 0 Å². The predicted octanol–water partition coefficient (Wildman–Crippen LogP) is 3.10. The van der Waals surface area contributed by atoms with Gasteiger partial charge in [-0.05, 0) is 17.7 Å². The van der Waals surface area contributed by atoms with E-state index in [-0.39, 0.29) is 5.91 Å². The molecule has 1 amide bonds. The minimum Gasteiger partial charge on any atom is -0.322 e. The van der Waals surface area contributed by atoms with Gasteiger partial charge in [0.1, 0.15) is 0 Å². The van der Waals surface area contributed by atoms with Crippen molar-refractivity contribution in [1.29, 1.82) is 0 Å². The third-order valence-electron chi connectivity index (χ3n) is 2.01. The maximum Gasteiger partial charge on any atom is 0.247 e. The van der Waals surface area contributed by atoms with Crippen molar-refractivity contribution in [2.24, 2.45) is 0 Å². The van der Waals surface area contributed by atoms with Crippen LogP contribution in [0.25, 0.3) is 12.2 Å². The van der Waals surface area contributed by atoms with E-state index in [1.165, 1.54) is 6.08 Å². The molecule has 0 unspecified atom stereocenters. The standard InChI is InChI=1S/C13H13NO/c1-4-10-8-7-9-12(11(10)5-2)14-13(15)6-3/h4-9H,1-3H2,(H,14,15). The van der Waals surface area contributed by atoms with Crippen LogP contribution in [0.1, 0.15) is 11.1 Å². The fourth-order valence-electron chi connectivity index (χ4n) is 1.28. The van der Waals surface area contributed by atoms with E-state index < -0.39 is 0 Å². The van der Waals surface area contributed by atoms with E-state index in [1.807, 2.05) is 18.2 Å². The van der Waals surface area contributed by atoms with Crippen LogP contribution in [-0.4, -0.2) is 5.91 Å².